The van der Waals surface area contributed by atoms with Gasteiger partial charge in [-0.3, -0.25) is 10.7 Å². The molecule has 0 unspecified atom stereocenters. The van der Waals surface area contributed by atoms with E-state index in [4.69, 9.17) is 10.4 Å². The summed E-state index contributed by atoms with van der Waals surface area (Å²) in [6, 6.07) is 7.00. The standard InChI is InChI=1S/C8H10N2O2/c1-6(9-11)7-4-2-3-5-8(7)10-12/h2-5,10-12H,1H3/b9-6+. The molecular formula is C8H10N2O2. The number of benzene rings is 1. The minimum absolute atomic E-state index is 0.451. The van der Waals surface area contributed by atoms with Gasteiger partial charge in [-0.05, 0) is 13.0 Å². The number of nitrogens with zero attached hydrogens (tertiary/aromatic N) is 1. The van der Waals surface area contributed by atoms with Crippen molar-refractivity contribution >= 4 is 11.4 Å². The van der Waals surface area contributed by atoms with Gasteiger partial charge in [0.2, 0.25) is 0 Å². The summed E-state index contributed by atoms with van der Waals surface area (Å²) < 4.78 is 0. The van der Waals surface area contributed by atoms with Crippen LogP contribution >= 0.6 is 0 Å². The lowest BCUT2D eigenvalue weighted by atomic mass is 10.1. The molecule has 4 heteroatoms. The smallest absolute Gasteiger partial charge is 0.0858 e. The lowest BCUT2D eigenvalue weighted by Gasteiger charge is -2.04. The Morgan fingerprint density at radius 2 is 2.08 bits per heavy atom. The zero-order valence-electron chi connectivity index (χ0n) is 6.65. The van der Waals surface area contributed by atoms with Crippen molar-refractivity contribution in [1.29, 1.82) is 0 Å². The van der Waals surface area contributed by atoms with Gasteiger partial charge in [-0.25, -0.2) is 0 Å². The predicted molar refractivity (Wildman–Crippen MR) is 45.8 cm³/mol. The molecule has 1 rings (SSSR count). The molecule has 0 amide bonds. The Labute approximate surface area is 70.1 Å². The second-order valence-corrected chi connectivity index (χ2v) is 2.34. The molecule has 0 saturated carbocycles. The van der Waals surface area contributed by atoms with Gasteiger partial charge in [0, 0.05) is 5.56 Å². The van der Waals surface area contributed by atoms with Crippen molar-refractivity contribution in [3.8, 4) is 0 Å². The van der Waals surface area contributed by atoms with Crippen molar-refractivity contribution in [1.82, 2.24) is 0 Å². The molecule has 0 aliphatic carbocycles. The van der Waals surface area contributed by atoms with Gasteiger partial charge in [-0.1, -0.05) is 23.4 Å². The number of nitrogens with one attached hydrogen (secondary N) is 1. The zero-order valence-corrected chi connectivity index (χ0v) is 6.65. The number of anilines is 1. The molecule has 1 aromatic rings. The average Bonchev–Trinajstić information content (AvgIpc) is 2.16. The summed E-state index contributed by atoms with van der Waals surface area (Å²) in [5.41, 5.74) is 3.66. The van der Waals surface area contributed by atoms with E-state index in [2.05, 4.69) is 5.16 Å². The number of rotatable bonds is 2. The minimum atomic E-state index is 0.451. The molecular weight excluding hydrogens is 156 g/mol. The first kappa shape index (κ1) is 8.55. The van der Waals surface area contributed by atoms with Crippen LogP contribution < -0.4 is 5.48 Å². The van der Waals surface area contributed by atoms with Gasteiger partial charge in [0.05, 0.1) is 11.4 Å². The van der Waals surface area contributed by atoms with Crippen LogP contribution in [0.15, 0.2) is 29.4 Å². The first-order chi connectivity index (χ1) is 5.79. The molecule has 3 N–H and O–H groups in total. The summed E-state index contributed by atoms with van der Waals surface area (Å²) >= 11 is 0. The average molecular weight is 166 g/mol. The van der Waals surface area contributed by atoms with Gasteiger partial charge in [-0.2, -0.15) is 0 Å². The summed E-state index contributed by atoms with van der Waals surface area (Å²) in [6.45, 7) is 1.65. The van der Waals surface area contributed by atoms with E-state index in [9.17, 15) is 0 Å². The van der Waals surface area contributed by atoms with Crippen molar-refractivity contribution in [3.05, 3.63) is 29.8 Å². The van der Waals surface area contributed by atoms with Crippen LogP contribution in [0.5, 0.6) is 0 Å². The third kappa shape index (κ3) is 1.54. The van der Waals surface area contributed by atoms with Crippen LogP contribution in [0.4, 0.5) is 5.69 Å². The van der Waals surface area contributed by atoms with Crippen LogP contribution in [0.1, 0.15) is 12.5 Å². The minimum Gasteiger partial charge on any atom is -0.411 e. The van der Waals surface area contributed by atoms with Gasteiger partial charge in [0.15, 0.2) is 0 Å². The van der Waals surface area contributed by atoms with Gasteiger partial charge in [0.1, 0.15) is 0 Å². The van der Waals surface area contributed by atoms with Crippen LogP contribution in [0.25, 0.3) is 0 Å². The van der Waals surface area contributed by atoms with E-state index >= 15 is 0 Å². The highest BCUT2D eigenvalue weighted by atomic mass is 16.5. The van der Waals surface area contributed by atoms with E-state index in [1.165, 1.54) is 0 Å². The zero-order chi connectivity index (χ0) is 8.97. The Balaban J connectivity index is 3.13. The molecule has 0 radical (unpaired) electrons. The number of hydrogen-bond donors (Lipinski definition) is 3. The molecule has 64 valence electrons. The normalized spacial score (nSPS) is 11.3. The van der Waals surface area contributed by atoms with Crippen LogP contribution in [0, 0.1) is 0 Å². The van der Waals surface area contributed by atoms with E-state index in [1.807, 2.05) is 5.48 Å². The highest BCUT2D eigenvalue weighted by Crippen LogP contribution is 2.14. The van der Waals surface area contributed by atoms with Gasteiger partial charge in [0.25, 0.3) is 0 Å². The summed E-state index contributed by atoms with van der Waals surface area (Å²) in [5.74, 6) is 0. The molecule has 0 aromatic heterocycles. The second kappa shape index (κ2) is 3.73. The monoisotopic (exact) mass is 166 g/mol. The predicted octanol–water partition coefficient (Wildman–Crippen LogP) is 1.69. The van der Waals surface area contributed by atoms with Crippen molar-refractivity contribution in [3.63, 3.8) is 0 Å². The maximum atomic E-state index is 8.68. The first-order valence-corrected chi connectivity index (χ1v) is 3.47. The van der Waals surface area contributed by atoms with Gasteiger partial charge in [-0.15, -0.1) is 0 Å². The highest BCUT2D eigenvalue weighted by Gasteiger charge is 2.02. The molecule has 4 nitrogen and oxygen atoms in total. The summed E-state index contributed by atoms with van der Waals surface area (Å²) in [7, 11) is 0. The fraction of sp³-hybridized carbons (Fsp3) is 0.125. The fourth-order valence-corrected chi connectivity index (χ4v) is 0.950. The van der Waals surface area contributed by atoms with Crippen molar-refractivity contribution < 1.29 is 10.4 Å². The molecule has 0 aliphatic heterocycles. The largest absolute Gasteiger partial charge is 0.411 e. The Bertz CT molecular complexity index is 297. The maximum Gasteiger partial charge on any atom is 0.0858 e. The van der Waals surface area contributed by atoms with E-state index < -0.39 is 0 Å². The van der Waals surface area contributed by atoms with Crippen molar-refractivity contribution in [2.45, 2.75) is 6.92 Å². The SMILES string of the molecule is C/C(=N\O)c1ccccc1NO. The van der Waals surface area contributed by atoms with E-state index in [0.29, 0.717) is 17.0 Å². The third-order valence-electron chi connectivity index (χ3n) is 1.59. The third-order valence-corrected chi connectivity index (χ3v) is 1.59. The lowest BCUT2D eigenvalue weighted by Crippen LogP contribution is -2.00. The quantitative estimate of drug-likeness (QED) is 0.356. The second-order valence-electron chi connectivity index (χ2n) is 2.34. The molecule has 0 heterocycles. The maximum absolute atomic E-state index is 8.68. The van der Waals surface area contributed by atoms with Crippen LogP contribution in [0.2, 0.25) is 0 Å². The summed E-state index contributed by atoms with van der Waals surface area (Å²) in [5, 5.41) is 20.2. The van der Waals surface area contributed by atoms with Crippen LogP contribution in [-0.4, -0.2) is 16.1 Å². The molecule has 0 bridgehead atoms. The molecule has 0 aliphatic rings. The van der Waals surface area contributed by atoms with Gasteiger partial charge >= 0.3 is 0 Å². The molecule has 1 aromatic carbocycles. The van der Waals surface area contributed by atoms with Crippen molar-refractivity contribution in [2.24, 2.45) is 5.16 Å². The Hall–Kier alpha value is -1.55. The highest BCUT2D eigenvalue weighted by molar-refractivity contribution is 6.02. The molecule has 0 fully saturated rings. The number of oxime groups is 1. The molecule has 0 atom stereocenters. The Morgan fingerprint density at radius 1 is 1.42 bits per heavy atom. The number of para-hydroxylation sites is 1. The Kier molecular flexibility index (Phi) is 2.66. The fourth-order valence-electron chi connectivity index (χ4n) is 0.950. The Morgan fingerprint density at radius 3 is 2.67 bits per heavy atom. The molecule has 12 heavy (non-hydrogen) atoms. The van der Waals surface area contributed by atoms with Crippen LogP contribution in [0.3, 0.4) is 0 Å². The first-order valence-electron chi connectivity index (χ1n) is 3.47. The van der Waals surface area contributed by atoms with E-state index in [-0.39, 0.29) is 0 Å². The molecule has 0 spiro atoms. The van der Waals surface area contributed by atoms with E-state index in [0.717, 1.165) is 0 Å². The lowest BCUT2D eigenvalue weighted by molar-refractivity contribution is 0.319. The number of hydrogen-bond acceptors (Lipinski definition) is 4. The topological polar surface area (TPSA) is 64.9 Å². The van der Waals surface area contributed by atoms with Crippen LogP contribution in [-0.2, 0) is 0 Å². The van der Waals surface area contributed by atoms with E-state index in [1.54, 1.807) is 31.2 Å². The van der Waals surface area contributed by atoms with Gasteiger partial charge < -0.3 is 5.21 Å². The van der Waals surface area contributed by atoms with Crippen molar-refractivity contribution in [2.75, 3.05) is 5.48 Å². The summed E-state index contributed by atoms with van der Waals surface area (Å²) in [4.78, 5) is 0. The summed E-state index contributed by atoms with van der Waals surface area (Å²) in [6.07, 6.45) is 0. The molecule has 0 saturated heterocycles.